The van der Waals surface area contributed by atoms with Gasteiger partial charge >= 0.3 is 0 Å². The predicted molar refractivity (Wildman–Crippen MR) is 139 cm³/mol. The van der Waals surface area contributed by atoms with Crippen molar-refractivity contribution in [2.75, 3.05) is 18.5 Å². The third-order valence-electron chi connectivity index (χ3n) is 5.28. The Labute approximate surface area is 224 Å². The van der Waals surface area contributed by atoms with Crippen molar-refractivity contribution in [3.8, 4) is 29.1 Å². The van der Waals surface area contributed by atoms with Gasteiger partial charge in [-0.05, 0) is 48.9 Å². The second-order valence-corrected chi connectivity index (χ2v) is 10.2. The van der Waals surface area contributed by atoms with Crippen LogP contribution in [0.25, 0.3) is 0 Å². The van der Waals surface area contributed by atoms with E-state index in [1.165, 1.54) is 30.6 Å². The largest absolute Gasteiger partial charge is 0.497 e. The Morgan fingerprint density at radius 3 is 2.59 bits per heavy atom. The molecule has 12 heteroatoms. The van der Waals surface area contributed by atoms with E-state index in [1.54, 1.807) is 43.6 Å². The highest BCUT2D eigenvalue weighted by Crippen LogP contribution is 2.34. The molecule has 3 aromatic carbocycles. The van der Waals surface area contributed by atoms with E-state index in [4.69, 9.17) is 25.8 Å². The Hall–Kier alpha value is -3.72. The zero-order chi connectivity index (χ0) is 26.5. The average Bonchev–Trinajstić information content (AvgIpc) is 3.44. The maximum Gasteiger partial charge on any atom is 0.217 e. The zero-order valence-electron chi connectivity index (χ0n) is 19.9. The van der Waals surface area contributed by atoms with Gasteiger partial charge in [-0.3, -0.25) is 4.31 Å². The maximum atomic E-state index is 13.7. The zero-order valence-corrected chi connectivity index (χ0v) is 22.3. The lowest BCUT2D eigenvalue weighted by atomic mass is 10.2. The van der Waals surface area contributed by atoms with Crippen molar-refractivity contribution in [1.29, 1.82) is 5.26 Å². The van der Waals surface area contributed by atoms with Gasteiger partial charge in [-0.25, -0.2) is 13.6 Å². The first-order chi connectivity index (χ1) is 17.8. The van der Waals surface area contributed by atoms with Gasteiger partial charge in [-0.2, -0.15) is 9.64 Å². The number of benzene rings is 3. The van der Waals surface area contributed by atoms with Crippen LogP contribution in [-0.4, -0.2) is 27.8 Å². The summed E-state index contributed by atoms with van der Waals surface area (Å²) < 4.78 is 49.7. The number of rotatable bonds is 9. The lowest BCUT2D eigenvalue weighted by Crippen LogP contribution is -2.25. The number of ether oxygens (including phenoxy) is 3. The van der Waals surface area contributed by atoms with Gasteiger partial charge in [0.15, 0.2) is 11.0 Å². The summed E-state index contributed by atoms with van der Waals surface area (Å²) in [7, 11) is 1.33. The molecule has 0 aliphatic carbocycles. The van der Waals surface area contributed by atoms with Crippen LogP contribution in [0.3, 0.4) is 0 Å². The normalized spacial score (nSPS) is 11.5. The van der Waals surface area contributed by atoms with E-state index in [1.807, 2.05) is 6.07 Å². The van der Waals surface area contributed by atoms with E-state index < -0.39 is 16.8 Å². The fourth-order valence-electron chi connectivity index (χ4n) is 3.39. The molecular formula is C25H20ClFN4O4S2. The number of aryl methyl sites for hydroxylation is 1. The molecule has 0 saturated heterocycles. The Morgan fingerprint density at radius 2 is 1.92 bits per heavy atom. The Balaban J connectivity index is 1.67. The first-order valence-electron chi connectivity index (χ1n) is 10.7. The summed E-state index contributed by atoms with van der Waals surface area (Å²) in [5.74, 6) is 1.13. The number of hydrogen-bond acceptors (Lipinski definition) is 8. The molecule has 1 atom stereocenters. The molecule has 0 fully saturated rings. The number of halogens is 2. The molecule has 0 N–H and O–H groups in total. The third kappa shape index (κ3) is 5.83. The van der Waals surface area contributed by atoms with Crippen LogP contribution in [0.1, 0.15) is 16.7 Å². The molecule has 37 heavy (non-hydrogen) atoms. The highest BCUT2D eigenvalue weighted by molar-refractivity contribution is 7.86. The fraction of sp³-hybridized carbons (Fsp3) is 0.160. The maximum absolute atomic E-state index is 13.7. The average molecular weight is 559 g/mol. The highest BCUT2D eigenvalue weighted by atomic mass is 35.5. The number of methoxy groups -OCH3 is 2. The first kappa shape index (κ1) is 26.3. The number of anilines is 1. The molecule has 4 aromatic rings. The molecule has 0 saturated carbocycles. The van der Waals surface area contributed by atoms with E-state index in [9.17, 15) is 13.9 Å². The third-order valence-corrected chi connectivity index (χ3v) is 7.74. The van der Waals surface area contributed by atoms with E-state index in [0.717, 1.165) is 17.1 Å². The molecule has 1 heterocycles. The van der Waals surface area contributed by atoms with Crippen LogP contribution in [-0.2, 0) is 17.5 Å². The lowest BCUT2D eigenvalue weighted by Gasteiger charge is -2.22. The van der Waals surface area contributed by atoms with Crippen molar-refractivity contribution in [1.82, 2.24) is 9.36 Å². The van der Waals surface area contributed by atoms with Gasteiger partial charge in [0.05, 0.1) is 36.2 Å². The molecule has 4 rings (SSSR count). The molecule has 1 aromatic heterocycles. The summed E-state index contributed by atoms with van der Waals surface area (Å²) in [6, 6.07) is 14.6. The van der Waals surface area contributed by atoms with Gasteiger partial charge in [0, 0.05) is 29.2 Å². The summed E-state index contributed by atoms with van der Waals surface area (Å²) in [4.78, 5) is 4.58. The smallest absolute Gasteiger partial charge is 0.217 e. The Morgan fingerprint density at radius 1 is 1.11 bits per heavy atom. The summed E-state index contributed by atoms with van der Waals surface area (Å²) in [6.45, 7) is 1.85. The van der Waals surface area contributed by atoms with Crippen LogP contribution in [0.15, 0.2) is 59.8 Å². The molecular weight excluding hydrogens is 539 g/mol. The monoisotopic (exact) mass is 558 g/mol. The van der Waals surface area contributed by atoms with Crippen molar-refractivity contribution in [3.63, 3.8) is 0 Å². The number of nitriles is 1. The number of aromatic nitrogens is 2. The topological polar surface area (TPSA) is 97.6 Å². The van der Waals surface area contributed by atoms with Gasteiger partial charge in [0.25, 0.3) is 0 Å². The molecule has 0 bridgehead atoms. The van der Waals surface area contributed by atoms with Gasteiger partial charge in [-0.15, -0.1) is 0 Å². The van der Waals surface area contributed by atoms with Crippen molar-refractivity contribution in [3.05, 3.63) is 82.4 Å². The first-order valence-corrected chi connectivity index (χ1v) is 12.9. The van der Waals surface area contributed by atoms with Gasteiger partial charge < -0.3 is 14.2 Å². The number of hydrogen-bond donors (Lipinski definition) is 0. The van der Waals surface area contributed by atoms with Gasteiger partial charge in [-0.1, -0.05) is 11.6 Å². The molecule has 190 valence electrons. The minimum absolute atomic E-state index is 0.0986. The van der Waals surface area contributed by atoms with Crippen molar-refractivity contribution in [2.24, 2.45) is 0 Å². The minimum Gasteiger partial charge on any atom is -0.497 e. The second kappa shape index (κ2) is 11.6. The Bertz CT molecular complexity index is 1500. The summed E-state index contributed by atoms with van der Waals surface area (Å²) in [5.41, 5.74) is 1.40. The van der Waals surface area contributed by atoms with Crippen LogP contribution in [0, 0.1) is 24.1 Å². The van der Waals surface area contributed by atoms with Crippen molar-refractivity contribution in [2.45, 2.75) is 18.4 Å². The summed E-state index contributed by atoms with van der Waals surface area (Å²) in [6.07, 6.45) is 1.38. The standard InChI is InChI=1S/C25H20ClFN4O4S2/c1-15-8-21(27)20(26)11-23(15)35-22-7-6-19(9-17(22)12-28)37(32)31(25-29-14-30-36-25)13-16-4-5-18(33-2)10-24(16)34-3/h4-11,14H,13H2,1-3H3. The van der Waals surface area contributed by atoms with Crippen LogP contribution < -0.4 is 18.5 Å². The van der Waals surface area contributed by atoms with Crippen molar-refractivity contribution >= 4 is 39.3 Å². The van der Waals surface area contributed by atoms with Crippen LogP contribution in [0.2, 0.25) is 5.02 Å². The van der Waals surface area contributed by atoms with E-state index in [2.05, 4.69) is 15.4 Å². The quantitative estimate of drug-likeness (QED) is 0.247. The SMILES string of the molecule is COc1ccc(CN(c2ncns2)S(=O)c2ccc(Oc3cc(Cl)c(F)cc3C)c(C#N)c2)c(OC)c1. The fourth-order valence-corrected chi connectivity index (χ4v) is 5.39. The number of nitrogens with zero attached hydrogens (tertiary/aromatic N) is 4. The predicted octanol–water partition coefficient (Wildman–Crippen LogP) is 6.05. The van der Waals surface area contributed by atoms with Crippen molar-refractivity contribution < 1.29 is 22.8 Å². The summed E-state index contributed by atoms with van der Waals surface area (Å²) in [5, 5.41) is 10.1. The van der Waals surface area contributed by atoms with Crippen LogP contribution in [0.5, 0.6) is 23.0 Å². The minimum atomic E-state index is -1.77. The van der Waals surface area contributed by atoms with E-state index in [-0.39, 0.29) is 22.9 Å². The molecule has 0 spiro atoms. The molecule has 1 unspecified atom stereocenters. The molecule has 0 radical (unpaired) electrons. The molecule has 0 amide bonds. The highest BCUT2D eigenvalue weighted by Gasteiger charge is 2.23. The van der Waals surface area contributed by atoms with Crippen LogP contribution >= 0.6 is 23.1 Å². The van der Waals surface area contributed by atoms with Crippen LogP contribution in [0.4, 0.5) is 9.52 Å². The van der Waals surface area contributed by atoms with Gasteiger partial charge in [0.1, 0.15) is 41.2 Å². The molecule has 8 nitrogen and oxygen atoms in total. The van der Waals surface area contributed by atoms with E-state index >= 15 is 0 Å². The molecule has 0 aliphatic rings. The molecule has 0 aliphatic heterocycles. The van der Waals surface area contributed by atoms with Gasteiger partial charge in [0.2, 0.25) is 5.13 Å². The van der Waals surface area contributed by atoms with E-state index in [0.29, 0.717) is 32.8 Å². The second-order valence-electron chi connectivity index (χ2n) is 7.59. The lowest BCUT2D eigenvalue weighted by molar-refractivity contribution is 0.391. The summed E-state index contributed by atoms with van der Waals surface area (Å²) >= 11 is 6.98. The Kier molecular flexibility index (Phi) is 8.23.